The third-order valence-electron chi connectivity index (χ3n) is 6.38. The molecule has 37 heavy (non-hydrogen) atoms. The number of benzene rings is 1. The van der Waals surface area contributed by atoms with E-state index in [1.165, 1.54) is 11.0 Å². The van der Waals surface area contributed by atoms with Crippen LogP contribution in [0.25, 0.3) is 11.3 Å². The zero-order valence-electron chi connectivity index (χ0n) is 20.1. The summed E-state index contributed by atoms with van der Waals surface area (Å²) >= 11 is 0. The molecule has 1 saturated heterocycles. The Labute approximate surface area is 212 Å². The molecule has 2 aromatic heterocycles. The fraction of sp³-hybridized carbons (Fsp3) is 0.346. The van der Waals surface area contributed by atoms with Gasteiger partial charge in [-0.25, -0.2) is 24.1 Å². The molecule has 11 heteroatoms. The average Bonchev–Trinajstić information content (AvgIpc) is 3.75. The molecule has 2 fully saturated rings. The molecule has 5 rings (SSSR count). The molecule has 3 N–H and O–H groups in total. The molecule has 1 aliphatic carbocycles. The van der Waals surface area contributed by atoms with Crippen molar-refractivity contribution in [2.75, 3.05) is 18.4 Å². The van der Waals surface area contributed by atoms with Crippen molar-refractivity contribution in [2.45, 2.75) is 38.3 Å². The number of carboxylic acid groups (broad SMARTS) is 1. The first kappa shape index (κ1) is 24.4. The number of nitrogens with one attached hydrogen (secondary N) is 2. The van der Waals surface area contributed by atoms with Crippen LogP contribution in [0.1, 0.15) is 31.2 Å². The lowest BCUT2D eigenvalue weighted by Gasteiger charge is -2.31. The van der Waals surface area contributed by atoms with Gasteiger partial charge in [-0.15, -0.1) is 0 Å². The summed E-state index contributed by atoms with van der Waals surface area (Å²) in [4.78, 5) is 37.8. The third kappa shape index (κ3) is 5.93. The molecule has 0 radical (unpaired) electrons. The minimum absolute atomic E-state index is 0.0125. The van der Waals surface area contributed by atoms with Gasteiger partial charge in [0.15, 0.2) is 11.6 Å². The number of ether oxygens (including phenoxy) is 1. The van der Waals surface area contributed by atoms with E-state index in [9.17, 15) is 14.7 Å². The van der Waals surface area contributed by atoms with E-state index in [1.807, 2.05) is 0 Å². The Morgan fingerprint density at radius 1 is 1.11 bits per heavy atom. The van der Waals surface area contributed by atoms with Gasteiger partial charge in [0.1, 0.15) is 0 Å². The highest BCUT2D eigenvalue weighted by Crippen LogP contribution is 2.33. The van der Waals surface area contributed by atoms with Crippen molar-refractivity contribution in [3.05, 3.63) is 60.2 Å². The summed E-state index contributed by atoms with van der Waals surface area (Å²) in [6.45, 7) is 0.936. The number of aromatic nitrogens is 3. The van der Waals surface area contributed by atoms with Crippen molar-refractivity contribution >= 4 is 17.9 Å². The van der Waals surface area contributed by atoms with Crippen LogP contribution < -0.4 is 15.4 Å². The normalized spacial score (nSPS) is 17.2. The van der Waals surface area contributed by atoms with Crippen molar-refractivity contribution in [3.63, 3.8) is 0 Å². The van der Waals surface area contributed by atoms with E-state index in [2.05, 4.69) is 25.6 Å². The van der Waals surface area contributed by atoms with Gasteiger partial charge in [0, 0.05) is 49.6 Å². The summed E-state index contributed by atoms with van der Waals surface area (Å²) in [6, 6.07) is 9.85. The molecule has 0 bridgehead atoms. The van der Waals surface area contributed by atoms with Gasteiger partial charge < -0.3 is 25.4 Å². The number of carbonyl (C=O) groups excluding carboxylic acids is 1. The summed E-state index contributed by atoms with van der Waals surface area (Å²) in [5.41, 5.74) is 1.37. The zero-order chi connectivity index (χ0) is 25.8. The van der Waals surface area contributed by atoms with Crippen LogP contribution >= 0.6 is 0 Å². The van der Waals surface area contributed by atoms with Crippen LogP contribution in [0.5, 0.6) is 11.6 Å². The van der Waals surface area contributed by atoms with Crippen LogP contribution in [-0.2, 0) is 11.3 Å². The highest BCUT2D eigenvalue weighted by molar-refractivity contribution is 5.80. The number of halogens is 1. The maximum atomic E-state index is 15.2. The number of hydrogen-bond donors (Lipinski definition) is 3. The van der Waals surface area contributed by atoms with Crippen molar-refractivity contribution in [1.29, 1.82) is 0 Å². The first-order valence-corrected chi connectivity index (χ1v) is 12.2. The lowest BCUT2D eigenvalue weighted by molar-refractivity contribution is -0.122. The van der Waals surface area contributed by atoms with E-state index < -0.39 is 11.9 Å². The summed E-state index contributed by atoms with van der Waals surface area (Å²) in [7, 11) is 0. The molecule has 1 atom stereocenters. The van der Waals surface area contributed by atoms with Gasteiger partial charge in [-0.05, 0) is 49.9 Å². The molecule has 2 aliphatic rings. The van der Waals surface area contributed by atoms with Crippen molar-refractivity contribution < 1.29 is 23.8 Å². The van der Waals surface area contributed by atoms with Crippen LogP contribution in [0.4, 0.5) is 15.1 Å². The summed E-state index contributed by atoms with van der Waals surface area (Å²) in [5.74, 6) is -0.0825. The Hall–Kier alpha value is -4.28. The summed E-state index contributed by atoms with van der Waals surface area (Å²) in [5, 5.41) is 15.3. The van der Waals surface area contributed by atoms with Gasteiger partial charge in [-0.3, -0.25) is 4.79 Å². The molecular formula is C26H27FN6O4. The lowest BCUT2D eigenvalue weighted by atomic mass is 10.1. The number of likely N-dealkylation sites (tertiary alicyclic amines) is 1. The smallest absolute Gasteiger partial charge is 0.407 e. The van der Waals surface area contributed by atoms with Crippen LogP contribution in [0.15, 0.2) is 48.8 Å². The van der Waals surface area contributed by atoms with Crippen LogP contribution in [0.3, 0.4) is 0 Å². The number of rotatable bonds is 8. The first-order valence-electron chi connectivity index (χ1n) is 12.2. The summed E-state index contributed by atoms with van der Waals surface area (Å²) < 4.78 is 21.1. The van der Waals surface area contributed by atoms with E-state index in [-0.39, 0.29) is 36.0 Å². The van der Waals surface area contributed by atoms with Gasteiger partial charge in [0.2, 0.25) is 17.7 Å². The average molecular weight is 507 g/mol. The minimum atomic E-state index is -0.945. The second-order valence-electron chi connectivity index (χ2n) is 9.16. The monoisotopic (exact) mass is 506 g/mol. The first-order chi connectivity index (χ1) is 18.0. The van der Waals surface area contributed by atoms with Crippen LogP contribution in [0, 0.1) is 11.7 Å². The predicted octanol–water partition coefficient (Wildman–Crippen LogP) is 4.05. The van der Waals surface area contributed by atoms with Gasteiger partial charge in [0.05, 0.1) is 11.3 Å². The number of amides is 2. The lowest BCUT2D eigenvalue weighted by Crippen LogP contribution is -2.44. The largest absolute Gasteiger partial charge is 0.465 e. The molecule has 0 spiro atoms. The minimum Gasteiger partial charge on any atom is -0.465 e. The Bertz CT molecular complexity index is 1300. The molecule has 1 aromatic carbocycles. The molecular weight excluding hydrogens is 479 g/mol. The second-order valence-corrected chi connectivity index (χ2v) is 9.16. The quantitative estimate of drug-likeness (QED) is 0.417. The molecule has 0 unspecified atom stereocenters. The van der Waals surface area contributed by atoms with Crippen LogP contribution in [-0.4, -0.2) is 56.1 Å². The van der Waals surface area contributed by atoms with Crippen molar-refractivity contribution in [3.8, 4) is 22.9 Å². The van der Waals surface area contributed by atoms with Gasteiger partial charge in [-0.1, -0.05) is 12.1 Å². The van der Waals surface area contributed by atoms with E-state index in [0.717, 1.165) is 25.7 Å². The number of hydrogen-bond acceptors (Lipinski definition) is 7. The van der Waals surface area contributed by atoms with E-state index in [4.69, 9.17) is 4.74 Å². The standard InChI is InChI=1S/C26H27FN6O4/c27-22-17(14-30-23(34)16-8-9-16)4-1-7-21(22)37-24-19(6-2-11-28-24)20-10-12-29-25(32-20)31-18-5-3-13-33(15-18)26(35)36/h1-2,4,6-7,10-12,16,18H,3,5,8-9,13-15H2,(H,30,34)(H,35,36)(H,29,31,32)/t18-/m0/s1. The van der Waals surface area contributed by atoms with E-state index >= 15 is 4.39 Å². The topological polar surface area (TPSA) is 130 Å². The molecule has 2 amide bonds. The van der Waals surface area contributed by atoms with E-state index in [1.54, 1.807) is 42.7 Å². The van der Waals surface area contributed by atoms with Crippen molar-refractivity contribution in [1.82, 2.24) is 25.2 Å². The molecule has 192 valence electrons. The fourth-order valence-corrected chi connectivity index (χ4v) is 4.24. The maximum Gasteiger partial charge on any atom is 0.407 e. The number of nitrogens with zero attached hydrogens (tertiary/aromatic N) is 4. The Balaban J connectivity index is 1.32. The van der Waals surface area contributed by atoms with Gasteiger partial charge >= 0.3 is 6.09 Å². The predicted molar refractivity (Wildman–Crippen MR) is 133 cm³/mol. The number of pyridine rings is 1. The number of anilines is 1. The van der Waals surface area contributed by atoms with Gasteiger partial charge in [-0.2, -0.15) is 0 Å². The molecule has 1 aliphatic heterocycles. The highest BCUT2D eigenvalue weighted by atomic mass is 19.1. The molecule has 1 saturated carbocycles. The second kappa shape index (κ2) is 10.8. The third-order valence-corrected chi connectivity index (χ3v) is 6.38. The van der Waals surface area contributed by atoms with Gasteiger partial charge in [0.25, 0.3) is 0 Å². The highest BCUT2D eigenvalue weighted by Gasteiger charge is 2.29. The fourth-order valence-electron chi connectivity index (χ4n) is 4.24. The Morgan fingerprint density at radius 3 is 2.78 bits per heavy atom. The summed E-state index contributed by atoms with van der Waals surface area (Å²) in [6.07, 6.45) is 5.49. The van der Waals surface area contributed by atoms with Crippen LogP contribution in [0.2, 0.25) is 0 Å². The Kier molecular flexibility index (Phi) is 7.11. The Morgan fingerprint density at radius 2 is 1.97 bits per heavy atom. The van der Waals surface area contributed by atoms with E-state index in [0.29, 0.717) is 35.9 Å². The molecule has 3 heterocycles. The zero-order valence-corrected chi connectivity index (χ0v) is 20.1. The molecule has 3 aromatic rings. The SMILES string of the molecule is O=C(NCc1cccc(Oc2ncccc2-c2ccnc(N[C@H]3CCCN(C(=O)O)C3)n2)c1F)C1CC1. The molecule has 10 nitrogen and oxygen atoms in total. The van der Waals surface area contributed by atoms with Crippen molar-refractivity contribution in [2.24, 2.45) is 5.92 Å². The number of piperidine rings is 1. The number of carbonyl (C=O) groups is 2. The maximum absolute atomic E-state index is 15.2.